The summed E-state index contributed by atoms with van der Waals surface area (Å²) in [5, 5.41) is 12.0. The van der Waals surface area contributed by atoms with Crippen LogP contribution in [0.1, 0.15) is 11.1 Å². The van der Waals surface area contributed by atoms with E-state index in [1.165, 1.54) is 0 Å². The fourth-order valence-electron chi connectivity index (χ4n) is 1.53. The molecule has 0 saturated heterocycles. The zero-order chi connectivity index (χ0) is 13.0. The normalized spacial score (nSPS) is 9.78. The molecule has 0 radical (unpaired) electrons. The molecule has 1 aromatic heterocycles. The maximum atomic E-state index is 8.88. The molecule has 0 aliphatic heterocycles. The number of nitriles is 1. The predicted octanol–water partition coefficient (Wildman–Crippen LogP) is 2.91. The lowest BCUT2D eigenvalue weighted by atomic mass is 10.2. The molecular weight excluding hydrogens is 292 g/mol. The first-order valence-electron chi connectivity index (χ1n) is 5.34. The van der Waals surface area contributed by atoms with Crippen molar-refractivity contribution in [1.29, 1.82) is 5.26 Å². The highest BCUT2D eigenvalue weighted by atomic mass is 79.9. The highest BCUT2D eigenvalue weighted by Crippen LogP contribution is 2.21. The molecule has 0 bridgehead atoms. The third-order valence-electron chi connectivity index (χ3n) is 2.51. The predicted molar refractivity (Wildman–Crippen MR) is 74.8 cm³/mol. The number of hydrogen-bond acceptors (Lipinski definition) is 4. The van der Waals surface area contributed by atoms with E-state index in [1.807, 2.05) is 30.3 Å². The number of nitrogen functional groups attached to an aromatic ring is 1. The van der Waals surface area contributed by atoms with Gasteiger partial charge in [0.2, 0.25) is 0 Å². The van der Waals surface area contributed by atoms with Gasteiger partial charge in [0, 0.05) is 17.2 Å². The van der Waals surface area contributed by atoms with Crippen LogP contribution in [0.25, 0.3) is 0 Å². The molecule has 0 spiro atoms. The topological polar surface area (TPSA) is 74.7 Å². The monoisotopic (exact) mass is 302 g/mol. The van der Waals surface area contributed by atoms with Crippen molar-refractivity contribution >= 4 is 27.4 Å². The van der Waals surface area contributed by atoms with E-state index < -0.39 is 0 Å². The van der Waals surface area contributed by atoms with Crippen LogP contribution in [0.4, 0.5) is 11.5 Å². The molecule has 5 heteroatoms. The Morgan fingerprint density at radius 1 is 1.33 bits per heavy atom. The molecule has 0 fully saturated rings. The number of halogens is 1. The lowest BCUT2D eigenvalue weighted by Gasteiger charge is -2.10. The number of nitrogens with one attached hydrogen (secondary N) is 1. The maximum absolute atomic E-state index is 8.88. The number of anilines is 2. The van der Waals surface area contributed by atoms with Crippen LogP contribution >= 0.6 is 15.9 Å². The zero-order valence-electron chi connectivity index (χ0n) is 9.52. The summed E-state index contributed by atoms with van der Waals surface area (Å²) >= 11 is 3.47. The number of nitrogens with zero attached hydrogens (tertiary/aromatic N) is 2. The third kappa shape index (κ3) is 2.60. The largest absolute Gasteiger partial charge is 0.395 e. The minimum atomic E-state index is 0.382. The molecule has 2 rings (SSSR count). The van der Waals surface area contributed by atoms with Gasteiger partial charge >= 0.3 is 0 Å². The Bertz CT molecular complexity index is 604. The summed E-state index contributed by atoms with van der Waals surface area (Å²) < 4.78 is 1.02. The van der Waals surface area contributed by atoms with E-state index in [2.05, 4.69) is 26.2 Å². The summed E-state index contributed by atoms with van der Waals surface area (Å²) in [6, 6.07) is 11.5. The number of aromatic nitrogens is 1. The molecule has 0 aliphatic rings. The Balaban J connectivity index is 2.17. The summed E-state index contributed by atoms with van der Waals surface area (Å²) in [5.74, 6) is 0.532. The quantitative estimate of drug-likeness (QED) is 0.914. The van der Waals surface area contributed by atoms with Crippen molar-refractivity contribution in [3.05, 3.63) is 52.1 Å². The van der Waals surface area contributed by atoms with Gasteiger partial charge in [-0.2, -0.15) is 5.26 Å². The average Bonchev–Trinajstić information content (AvgIpc) is 2.39. The van der Waals surface area contributed by atoms with Crippen molar-refractivity contribution in [1.82, 2.24) is 4.98 Å². The van der Waals surface area contributed by atoms with Gasteiger partial charge in [0.25, 0.3) is 0 Å². The molecule has 0 saturated carbocycles. The number of hydrogen-bond donors (Lipinski definition) is 2. The van der Waals surface area contributed by atoms with Crippen molar-refractivity contribution in [3.63, 3.8) is 0 Å². The number of benzene rings is 1. The second-order valence-corrected chi connectivity index (χ2v) is 4.53. The first kappa shape index (κ1) is 12.4. The number of nitrogens with two attached hydrogens (primary N) is 1. The summed E-state index contributed by atoms with van der Waals surface area (Å²) in [5.41, 5.74) is 7.75. The van der Waals surface area contributed by atoms with E-state index in [0.717, 1.165) is 10.0 Å². The fraction of sp³-hybridized carbons (Fsp3) is 0.0769. The molecule has 2 aromatic rings. The van der Waals surface area contributed by atoms with Crippen molar-refractivity contribution in [2.75, 3.05) is 11.1 Å². The Labute approximate surface area is 114 Å². The maximum Gasteiger partial charge on any atom is 0.150 e. The number of pyridine rings is 1. The van der Waals surface area contributed by atoms with Crippen LogP contribution in [0.3, 0.4) is 0 Å². The van der Waals surface area contributed by atoms with Gasteiger partial charge in [-0.1, -0.05) is 34.1 Å². The second kappa shape index (κ2) is 5.52. The van der Waals surface area contributed by atoms with Gasteiger partial charge in [0.05, 0.1) is 11.3 Å². The van der Waals surface area contributed by atoms with Crippen molar-refractivity contribution in [3.8, 4) is 6.07 Å². The van der Waals surface area contributed by atoms with Crippen LogP contribution in [0.5, 0.6) is 0 Å². The van der Waals surface area contributed by atoms with Crippen LogP contribution in [0.2, 0.25) is 0 Å². The van der Waals surface area contributed by atoms with Crippen molar-refractivity contribution < 1.29 is 0 Å². The molecule has 0 atom stereocenters. The van der Waals surface area contributed by atoms with E-state index in [-0.39, 0.29) is 0 Å². The summed E-state index contributed by atoms with van der Waals surface area (Å²) in [6.07, 6.45) is 1.57. The summed E-state index contributed by atoms with van der Waals surface area (Å²) in [7, 11) is 0. The molecule has 0 amide bonds. The highest BCUT2D eigenvalue weighted by molar-refractivity contribution is 9.10. The van der Waals surface area contributed by atoms with Crippen LogP contribution in [0.15, 0.2) is 41.0 Å². The van der Waals surface area contributed by atoms with Gasteiger partial charge < -0.3 is 11.1 Å². The molecule has 0 unspecified atom stereocenters. The van der Waals surface area contributed by atoms with E-state index >= 15 is 0 Å². The average molecular weight is 303 g/mol. The van der Waals surface area contributed by atoms with Gasteiger partial charge in [0.1, 0.15) is 6.07 Å². The molecule has 1 heterocycles. The standard InChI is InChI=1S/C13H11BrN4/c14-11-4-2-1-3-10(11)8-18-13-12(16)9(7-15)5-6-17-13/h1-6H,8,16H2,(H,17,18). The first-order valence-corrected chi connectivity index (χ1v) is 6.13. The van der Waals surface area contributed by atoms with Crippen molar-refractivity contribution in [2.45, 2.75) is 6.54 Å². The van der Waals surface area contributed by atoms with Crippen molar-refractivity contribution in [2.24, 2.45) is 0 Å². The van der Waals surface area contributed by atoms with E-state index in [9.17, 15) is 0 Å². The van der Waals surface area contributed by atoms with Gasteiger partial charge in [-0.15, -0.1) is 0 Å². The first-order chi connectivity index (χ1) is 8.72. The zero-order valence-corrected chi connectivity index (χ0v) is 11.1. The molecule has 4 nitrogen and oxygen atoms in total. The third-order valence-corrected chi connectivity index (χ3v) is 3.29. The Kier molecular flexibility index (Phi) is 3.80. The molecule has 90 valence electrons. The van der Waals surface area contributed by atoms with Gasteiger partial charge in [-0.05, 0) is 17.7 Å². The molecule has 18 heavy (non-hydrogen) atoms. The van der Waals surface area contributed by atoms with E-state index in [0.29, 0.717) is 23.6 Å². The lowest BCUT2D eigenvalue weighted by Crippen LogP contribution is -2.06. The van der Waals surface area contributed by atoms with Gasteiger partial charge in [-0.25, -0.2) is 4.98 Å². The smallest absolute Gasteiger partial charge is 0.150 e. The Morgan fingerprint density at radius 2 is 2.11 bits per heavy atom. The second-order valence-electron chi connectivity index (χ2n) is 3.68. The van der Waals surface area contributed by atoms with Gasteiger partial charge in [0.15, 0.2) is 5.82 Å². The van der Waals surface area contributed by atoms with Gasteiger partial charge in [-0.3, -0.25) is 0 Å². The molecule has 3 N–H and O–H groups in total. The molecule has 0 aliphatic carbocycles. The van der Waals surface area contributed by atoms with E-state index in [4.69, 9.17) is 11.0 Å². The van der Waals surface area contributed by atoms with Crippen LogP contribution in [-0.4, -0.2) is 4.98 Å². The highest BCUT2D eigenvalue weighted by Gasteiger charge is 2.06. The lowest BCUT2D eigenvalue weighted by molar-refractivity contribution is 1.10. The van der Waals surface area contributed by atoms with Crippen LogP contribution in [0, 0.1) is 11.3 Å². The van der Waals surface area contributed by atoms with Crippen LogP contribution in [-0.2, 0) is 6.54 Å². The summed E-state index contributed by atoms with van der Waals surface area (Å²) in [4.78, 5) is 4.13. The molecule has 1 aromatic carbocycles. The number of rotatable bonds is 3. The fourth-order valence-corrected chi connectivity index (χ4v) is 1.96. The summed E-state index contributed by atoms with van der Waals surface area (Å²) in [6.45, 7) is 0.591. The minimum Gasteiger partial charge on any atom is -0.395 e. The van der Waals surface area contributed by atoms with E-state index in [1.54, 1.807) is 12.3 Å². The molecular formula is C13H11BrN4. The SMILES string of the molecule is N#Cc1ccnc(NCc2ccccc2Br)c1N. The Hall–Kier alpha value is -2.06. The minimum absolute atomic E-state index is 0.382. The Morgan fingerprint density at radius 3 is 2.83 bits per heavy atom. The van der Waals surface area contributed by atoms with Crippen LogP contribution < -0.4 is 11.1 Å².